The second kappa shape index (κ2) is 7.55. The van der Waals surface area contributed by atoms with Crippen molar-refractivity contribution in [2.75, 3.05) is 39.0 Å². The van der Waals surface area contributed by atoms with E-state index in [4.69, 9.17) is 11.6 Å². The van der Waals surface area contributed by atoms with Gasteiger partial charge in [-0.2, -0.15) is 0 Å². The molecular weight excluding hydrogens is 346 g/mol. The zero-order valence-electron chi connectivity index (χ0n) is 13.8. The van der Waals surface area contributed by atoms with Crippen molar-refractivity contribution in [3.05, 3.63) is 29.3 Å². The minimum atomic E-state index is 0.149. The number of amides is 1. The Morgan fingerprint density at radius 2 is 1.88 bits per heavy atom. The van der Waals surface area contributed by atoms with Gasteiger partial charge in [-0.1, -0.05) is 35.5 Å². The van der Waals surface area contributed by atoms with Gasteiger partial charge in [0.2, 0.25) is 5.91 Å². The second-order valence-corrected chi connectivity index (χ2v) is 7.17. The molecule has 8 heteroatoms. The molecule has 1 aromatic carbocycles. The minimum absolute atomic E-state index is 0.149. The Balaban J connectivity index is 1.65. The van der Waals surface area contributed by atoms with E-state index in [0.29, 0.717) is 21.8 Å². The van der Waals surface area contributed by atoms with E-state index in [1.165, 1.54) is 11.8 Å². The third kappa shape index (κ3) is 3.74. The van der Waals surface area contributed by atoms with E-state index in [1.807, 2.05) is 40.8 Å². The lowest BCUT2D eigenvalue weighted by molar-refractivity contribution is -0.129. The molecule has 0 aliphatic carbocycles. The first-order chi connectivity index (χ1) is 11.6. The normalized spacial score (nSPS) is 15.7. The van der Waals surface area contributed by atoms with Crippen LogP contribution in [0.3, 0.4) is 0 Å². The van der Waals surface area contributed by atoms with Crippen LogP contribution in [-0.4, -0.2) is 69.5 Å². The van der Waals surface area contributed by atoms with Crippen LogP contribution >= 0.6 is 23.4 Å². The fourth-order valence-electron chi connectivity index (χ4n) is 2.59. The Bertz CT molecular complexity index is 727. The van der Waals surface area contributed by atoms with E-state index in [1.54, 1.807) is 0 Å². The molecule has 0 bridgehead atoms. The fourth-order valence-corrected chi connectivity index (χ4v) is 3.63. The molecule has 0 spiro atoms. The van der Waals surface area contributed by atoms with Gasteiger partial charge >= 0.3 is 0 Å². The molecule has 0 unspecified atom stereocenters. The van der Waals surface area contributed by atoms with Crippen molar-refractivity contribution in [2.24, 2.45) is 7.05 Å². The Morgan fingerprint density at radius 3 is 2.58 bits per heavy atom. The highest BCUT2D eigenvalue weighted by molar-refractivity contribution is 7.99. The van der Waals surface area contributed by atoms with Crippen molar-refractivity contribution in [1.29, 1.82) is 0 Å². The smallest absolute Gasteiger partial charge is 0.233 e. The molecule has 1 aliphatic heterocycles. The van der Waals surface area contributed by atoms with E-state index < -0.39 is 0 Å². The van der Waals surface area contributed by atoms with Crippen molar-refractivity contribution in [1.82, 2.24) is 24.6 Å². The van der Waals surface area contributed by atoms with Crippen molar-refractivity contribution in [3.8, 4) is 11.4 Å². The number of aromatic nitrogens is 3. The molecule has 0 atom stereocenters. The number of thioether (sulfide) groups is 1. The molecule has 0 saturated carbocycles. The van der Waals surface area contributed by atoms with Crippen LogP contribution in [0.2, 0.25) is 5.02 Å². The number of piperazine rings is 1. The number of carbonyl (C=O) groups is 1. The van der Waals surface area contributed by atoms with Gasteiger partial charge < -0.3 is 14.4 Å². The summed E-state index contributed by atoms with van der Waals surface area (Å²) in [6, 6.07) is 7.54. The van der Waals surface area contributed by atoms with Crippen LogP contribution < -0.4 is 0 Å². The molecule has 1 fully saturated rings. The highest BCUT2D eigenvalue weighted by Crippen LogP contribution is 2.28. The van der Waals surface area contributed by atoms with Crippen LogP contribution in [0.5, 0.6) is 0 Å². The third-order valence-electron chi connectivity index (χ3n) is 4.13. The van der Waals surface area contributed by atoms with E-state index in [2.05, 4.69) is 22.1 Å². The molecule has 1 aromatic heterocycles. The zero-order chi connectivity index (χ0) is 17.1. The lowest BCUT2D eigenvalue weighted by atomic mass is 10.2. The predicted molar refractivity (Wildman–Crippen MR) is 96.3 cm³/mol. The predicted octanol–water partition coefficient (Wildman–Crippen LogP) is 2.00. The van der Waals surface area contributed by atoms with Gasteiger partial charge in [0.15, 0.2) is 11.0 Å². The molecule has 3 rings (SSSR count). The van der Waals surface area contributed by atoms with Crippen molar-refractivity contribution in [2.45, 2.75) is 5.16 Å². The number of halogens is 1. The van der Waals surface area contributed by atoms with Crippen LogP contribution in [0, 0.1) is 0 Å². The fraction of sp³-hybridized carbons (Fsp3) is 0.438. The molecule has 24 heavy (non-hydrogen) atoms. The molecule has 0 N–H and O–H groups in total. The number of hydrogen-bond acceptors (Lipinski definition) is 5. The molecule has 1 amide bonds. The van der Waals surface area contributed by atoms with Gasteiger partial charge in [-0.05, 0) is 19.2 Å². The summed E-state index contributed by atoms with van der Waals surface area (Å²) in [6.45, 7) is 3.44. The summed E-state index contributed by atoms with van der Waals surface area (Å²) in [5.41, 5.74) is 0.839. The summed E-state index contributed by atoms with van der Waals surface area (Å²) in [7, 11) is 3.97. The Hall–Kier alpha value is -1.57. The van der Waals surface area contributed by atoms with E-state index in [-0.39, 0.29) is 5.91 Å². The molecule has 1 saturated heterocycles. The quantitative estimate of drug-likeness (QED) is 0.776. The maximum Gasteiger partial charge on any atom is 0.233 e. The highest BCUT2D eigenvalue weighted by atomic mass is 35.5. The number of nitrogens with zero attached hydrogens (tertiary/aromatic N) is 5. The molecular formula is C16H20ClN5OS. The molecule has 6 nitrogen and oxygen atoms in total. The summed E-state index contributed by atoms with van der Waals surface area (Å²) in [6.07, 6.45) is 0. The van der Waals surface area contributed by atoms with Crippen LogP contribution in [0.15, 0.2) is 29.4 Å². The van der Waals surface area contributed by atoms with E-state index >= 15 is 0 Å². The Kier molecular flexibility index (Phi) is 5.43. The molecule has 2 aromatic rings. The first-order valence-electron chi connectivity index (χ1n) is 7.79. The molecule has 128 valence electrons. The van der Waals surface area contributed by atoms with Gasteiger partial charge in [-0.15, -0.1) is 10.2 Å². The van der Waals surface area contributed by atoms with Crippen molar-refractivity contribution in [3.63, 3.8) is 0 Å². The van der Waals surface area contributed by atoms with Crippen LogP contribution in [0.1, 0.15) is 0 Å². The lowest BCUT2D eigenvalue weighted by Crippen LogP contribution is -2.47. The average molecular weight is 366 g/mol. The number of benzene rings is 1. The summed E-state index contributed by atoms with van der Waals surface area (Å²) in [4.78, 5) is 16.5. The lowest BCUT2D eigenvalue weighted by Gasteiger charge is -2.32. The van der Waals surface area contributed by atoms with Crippen molar-refractivity contribution < 1.29 is 4.79 Å². The topological polar surface area (TPSA) is 54.3 Å². The molecule has 2 heterocycles. The minimum Gasteiger partial charge on any atom is -0.339 e. The molecule has 0 radical (unpaired) electrons. The maximum absolute atomic E-state index is 12.3. The van der Waals surface area contributed by atoms with Gasteiger partial charge in [-0.25, -0.2) is 0 Å². The summed E-state index contributed by atoms with van der Waals surface area (Å²) >= 11 is 7.64. The highest BCUT2D eigenvalue weighted by Gasteiger charge is 2.20. The standard InChI is InChI=1S/C16H20ClN5OS/c1-20-7-9-22(10-8-20)14(23)11-24-16-19-18-15(21(16)2)12-5-3-4-6-13(12)17/h3-6H,7-11H2,1-2H3. The van der Waals surface area contributed by atoms with Crippen LogP contribution in [-0.2, 0) is 11.8 Å². The SMILES string of the molecule is CN1CCN(C(=O)CSc2nnc(-c3ccccc3Cl)n2C)CC1. The largest absolute Gasteiger partial charge is 0.339 e. The molecule has 1 aliphatic rings. The van der Waals surface area contributed by atoms with E-state index in [9.17, 15) is 4.79 Å². The number of carbonyl (C=O) groups excluding carboxylic acids is 1. The number of rotatable bonds is 4. The van der Waals surface area contributed by atoms with E-state index in [0.717, 1.165) is 31.7 Å². The third-order valence-corrected chi connectivity index (χ3v) is 5.46. The summed E-state index contributed by atoms with van der Waals surface area (Å²) in [5.74, 6) is 1.23. The summed E-state index contributed by atoms with van der Waals surface area (Å²) < 4.78 is 1.88. The monoisotopic (exact) mass is 365 g/mol. The van der Waals surface area contributed by atoms with Gasteiger partial charge in [0.05, 0.1) is 10.8 Å². The van der Waals surface area contributed by atoms with Gasteiger partial charge in [0.1, 0.15) is 0 Å². The summed E-state index contributed by atoms with van der Waals surface area (Å²) in [5, 5.41) is 9.78. The van der Waals surface area contributed by atoms with Gasteiger partial charge in [0.25, 0.3) is 0 Å². The van der Waals surface area contributed by atoms with Crippen LogP contribution in [0.4, 0.5) is 0 Å². The Morgan fingerprint density at radius 1 is 1.17 bits per heavy atom. The number of likely N-dealkylation sites (N-methyl/N-ethyl adjacent to an activating group) is 1. The van der Waals surface area contributed by atoms with Crippen molar-refractivity contribution >= 4 is 29.3 Å². The second-order valence-electron chi connectivity index (χ2n) is 5.82. The first kappa shape index (κ1) is 17.3. The Labute approximate surface area is 150 Å². The van der Waals surface area contributed by atoms with Gasteiger partial charge in [-0.3, -0.25) is 4.79 Å². The van der Waals surface area contributed by atoms with Gasteiger partial charge in [0, 0.05) is 38.8 Å². The van der Waals surface area contributed by atoms with Crippen LogP contribution in [0.25, 0.3) is 11.4 Å². The maximum atomic E-state index is 12.3. The average Bonchev–Trinajstić information content (AvgIpc) is 2.94. The zero-order valence-corrected chi connectivity index (χ0v) is 15.3. The first-order valence-corrected chi connectivity index (χ1v) is 9.16. The number of hydrogen-bond donors (Lipinski definition) is 0.